The van der Waals surface area contributed by atoms with Gasteiger partial charge in [0.25, 0.3) is 11.2 Å². The molecule has 35 heavy (non-hydrogen) atoms. The van der Waals surface area contributed by atoms with Gasteiger partial charge < -0.3 is 14.9 Å². The normalized spacial score (nSPS) is 14.3. The zero-order valence-corrected chi connectivity index (χ0v) is 17.3. The van der Waals surface area contributed by atoms with Crippen molar-refractivity contribution in [2.24, 2.45) is 0 Å². The van der Waals surface area contributed by atoms with E-state index in [4.69, 9.17) is 4.74 Å². The minimum atomic E-state index is -6.26. The van der Waals surface area contributed by atoms with Gasteiger partial charge in [0.05, 0.1) is 0 Å². The Morgan fingerprint density at radius 2 is 0.771 bits per heavy atom. The summed E-state index contributed by atoms with van der Waals surface area (Å²) in [5.41, 5.74) is -15.6. The van der Waals surface area contributed by atoms with Crippen LogP contribution in [0, 0.1) is 13.8 Å². The molecule has 2 N–H and O–H groups in total. The van der Waals surface area contributed by atoms with Crippen LogP contribution < -0.4 is 4.74 Å². The lowest BCUT2D eigenvalue weighted by Crippen LogP contribution is -2.54. The van der Waals surface area contributed by atoms with E-state index in [0.717, 1.165) is 26.0 Å². The number of aliphatic hydroxyl groups is 2. The highest BCUT2D eigenvalue weighted by molar-refractivity contribution is 5.45. The molecule has 0 radical (unpaired) electrons. The van der Waals surface area contributed by atoms with Crippen LogP contribution in [0.1, 0.15) is 22.3 Å². The number of hydrogen-bond donors (Lipinski definition) is 2. The van der Waals surface area contributed by atoms with Crippen molar-refractivity contribution in [1.82, 2.24) is 0 Å². The molecule has 0 aliphatic rings. The maximum absolute atomic E-state index is 13.2. The van der Waals surface area contributed by atoms with Gasteiger partial charge in [0, 0.05) is 11.1 Å². The molecule has 0 bridgehead atoms. The van der Waals surface area contributed by atoms with Crippen LogP contribution in [-0.4, -0.2) is 34.9 Å². The average Bonchev–Trinajstić information content (AvgIpc) is 2.66. The highest BCUT2D eigenvalue weighted by Crippen LogP contribution is 2.53. The van der Waals surface area contributed by atoms with E-state index < -0.39 is 69.7 Å². The lowest BCUT2D eigenvalue weighted by atomic mass is 9.88. The lowest BCUT2D eigenvalue weighted by Gasteiger charge is -2.34. The second-order valence-corrected chi connectivity index (χ2v) is 7.47. The Bertz CT molecular complexity index is 967. The summed E-state index contributed by atoms with van der Waals surface area (Å²) in [7, 11) is 0. The first-order valence-electron chi connectivity index (χ1n) is 9.10. The van der Waals surface area contributed by atoms with Crippen LogP contribution in [-0.2, 0) is 11.2 Å². The Morgan fingerprint density at radius 1 is 0.514 bits per heavy atom. The third-order valence-corrected chi connectivity index (χ3v) is 5.07. The lowest BCUT2D eigenvalue weighted by molar-refractivity contribution is -0.377. The Hall–Kier alpha value is -2.68. The molecular formula is C20H14F12O3. The van der Waals surface area contributed by atoms with Gasteiger partial charge in [-0.3, -0.25) is 0 Å². The van der Waals surface area contributed by atoms with Gasteiger partial charge in [0.15, 0.2) is 0 Å². The Labute approximate surface area is 188 Å². The molecule has 196 valence electrons. The fraction of sp³-hybridized carbons (Fsp3) is 0.400. The van der Waals surface area contributed by atoms with Gasteiger partial charge in [-0.2, -0.15) is 52.7 Å². The molecule has 15 heteroatoms. The first-order valence-corrected chi connectivity index (χ1v) is 9.10. The maximum Gasteiger partial charge on any atom is 0.430 e. The van der Waals surface area contributed by atoms with Gasteiger partial charge in [0.2, 0.25) is 0 Å². The van der Waals surface area contributed by atoms with Crippen molar-refractivity contribution >= 4 is 0 Å². The van der Waals surface area contributed by atoms with E-state index in [1.165, 1.54) is 0 Å². The summed E-state index contributed by atoms with van der Waals surface area (Å²) < 4.78 is 164. The largest absolute Gasteiger partial charge is 0.457 e. The molecule has 2 aromatic rings. The molecule has 0 saturated heterocycles. The predicted octanol–water partition coefficient (Wildman–Crippen LogP) is 6.72. The minimum Gasteiger partial charge on any atom is -0.457 e. The molecule has 0 amide bonds. The van der Waals surface area contributed by atoms with E-state index in [1.807, 2.05) is 0 Å². The summed E-state index contributed by atoms with van der Waals surface area (Å²) in [5, 5.41) is 19.2. The first-order chi connectivity index (χ1) is 15.5. The Kier molecular flexibility index (Phi) is 6.91. The van der Waals surface area contributed by atoms with Gasteiger partial charge in [-0.05, 0) is 49.2 Å². The number of benzene rings is 2. The topological polar surface area (TPSA) is 49.7 Å². The van der Waals surface area contributed by atoms with Crippen molar-refractivity contribution in [3.63, 3.8) is 0 Å². The molecular weight excluding hydrogens is 516 g/mol. The Morgan fingerprint density at radius 3 is 1.00 bits per heavy atom. The third-order valence-electron chi connectivity index (χ3n) is 5.07. The van der Waals surface area contributed by atoms with Gasteiger partial charge in [-0.25, -0.2) is 0 Å². The van der Waals surface area contributed by atoms with Gasteiger partial charge in [-0.1, -0.05) is 12.1 Å². The van der Waals surface area contributed by atoms with Crippen molar-refractivity contribution in [2.75, 3.05) is 0 Å². The number of ether oxygens (including phenoxy) is 1. The predicted molar refractivity (Wildman–Crippen MR) is 94.4 cm³/mol. The minimum absolute atomic E-state index is 0.0928. The summed E-state index contributed by atoms with van der Waals surface area (Å²) in [4.78, 5) is 0. The van der Waals surface area contributed by atoms with Crippen molar-refractivity contribution in [3.05, 3.63) is 58.7 Å². The average molecular weight is 530 g/mol. The van der Waals surface area contributed by atoms with E-state index in [1.54, 1.807) is 0 Å². The highest BCUT2D eigenvalue weighted by Gasteiger charge is 2.73. The summed E-state index contributed by atoms with van der Waals surface area (Å²) in [6.07, 6.45) is -25.0. The van der Waals surface area contributed by atoms with E-state index in [0.29, 0.717) is 12.1 Å². The van der Waals surface area contributed by atoms with Gasteiger partial charge in [-0.15, -0.1) is 0 Å². The smallest absolute Gasteiger partial charge is 0.430 e. The molecule has 0 atom stereocenters. The fourth-order valence-electron chi connectivity index (χ4n) is 3.18. The van der Waals surface area contributed by atoms with Crippen LogP contribution in [0.15, 0.2) is 36.4 Å². The molecule has 0 heterocycles. The molecule has 2 aromatic carbocycles. The highest BCUT2D eigenvalue weighted by atomic mass is 19.4. The van der Waals surface area contributed by atoms with E-state index in [2.05, 4.69) is 0 Å². The first kappa shape index (κ1) is 28.6. The van der Waals surface area contributed by atoms with Crippen molar-refractivity contribution < 1.29 is 67.6 Å². The molecule has 0 fully saturated rings. The molecule has 0 aliphatic carbocycles. The van der Waals surface area contributed by atoms with Crippen LogP contribution in [0.3, 0.4) is 0 Å². The van der Waals surface area contributed by atoms with E-state index >= 15 is 0 Å². The van der Waals surface area contributed by atoms with Crippen LogP contribution >= 0.6 is 0 Å². The molecule has 3 nitrogen and oxygen atoms in total. The molecule has 0 spiro atoms. The van der Waals surface area contributed by atoms with Crippen molar-refractivity contribution in [1.29, 1.82) is 0 Å². The second kappa shape index (κ2) is 8.47. The van der Waals surface area contributed by atoms with Crippen molar-refractivity contribution in [2.45, 2.75) is 49.8 Å². The molecule has 0 unspecified atom stereocenters. The quantitative estimate of drug-likeness (QED) is 0.432. The van der Waals surface area contributed by atoms with Crippen molar-refractivity contribution in [3.8, 4) is 11.5 Å². The summed E-state index contributed by atoms with van der Waals surface area (Å²) in [6, 6.07) is 3.04. The molecule has 2 rings (SSSR count). The standard InChI is InChI=1S/C20H14F12O3/c1-9-3-5-11(7-13(9)15(33,17(21,22)23)18(24,25)26)35-12-6-4-10(2)14(8-12)16(34,19(27,28)29)20(30,31)32/h3-8,33-34H,1-2H3. The van der Waals surface area contributed by atoms with E-state index in [9.17, 15) is 62.9 Å². The van der Waals surface area contributed by atoms with Crippen LogP contribution in [0.25, 0.3) is 0 Å². The molecule has 0 aliphatic heterocycles. The summed E-state index contributed by atoms with van der Waals surface area (Å²) >= 11 is 0. The summed E-state index contributed by atoms with van der Waals surface area (Å²) in [5.74, 6) is -1.79. The number of rotatable bonds is 4. The van der Waals surface area contributed by atoms with Gasteiger partial charge >= 0.3 is 24.7 Å². The van der Waals surface area contributed by atoms with Crippen LogP contribution in [0.2, 0.25) is 0 Å². The second-order valence-electron chi connectivity index (χ2n) is 7.47. The van der Waals surface area contributed by atoms with Crippen LogP contribution in [0.5, 0.6) is 11.5 Å². The zero-order valence-electron chi connectivity index (χ0n) is 17.3. The number of aryl methyl sites for hydroxylation is 2. The molecule has 0 saturated carbocycles. The van der Waals surface area contributed by atoms with E-state index in [-0.39, 0.29) is 12.1 Å². The number of hydrogen-bond acceptors (Lipinski definition) is 3. The fourth-order valence-corrected chi connectivity index (χ4v) is 3.18. The third kappa shape index (κ3) is 4.75. The van der Waals surface area contributed by atoms with Gasteiger partial charge in [0.1, 0.15) is 11.5 Å². The monoisotopic (exact) mass is 530 g/mol. The SMILES string of the molecule is Cc1ccc(Oc2ccc(C)c(C(O)(C(F)(F)F)C(F)(F)F)c2)cc1C(O)(C(F)(F)F)C(F)(F)F. The van der Waals surface area contributed by atoms with Crippen LogP contribution in [0.4, 0.5) is 52.7 Å². The summed E-state index contributed by atoms with van der Waals surface area (Å²) in [6.45, 7) is 1.58. The molecule has 0 aromatic heterocycles. The Balaban J connectivity index is 2.66. The number of halogens is 12. The maximum atomic E-state index is 13.2. The number of alkyl halides is 12. The zero-order chi connectivity index (χ0) is 27.4.